The molecule has 1 amide bonds. The molecule has 0 aliphatic heterocycles. The summed E-state index contributed by atoms with van der Waals surface area (Å²) in [5.41, 5.74) is 0.940. The van der Waals surface area contributed by atoms with Gasteiger partial charge in [0.1, 0.15) is 12.6 Å². The fourth-order valence-corrected chi connectivity index (χ4v) is 1.83. The minimum Gasteiger partial charge on any atom is -0.373 e. The topological polar surface area (TPSA) is 64.9 Å². The SMILES string of the molecule is CC(Nc1ccc(C#N)cc1Br)C(=O)NCC(F)(F)F. The van der Waals surface area contributed by atoms with Gasteiger partial charge >= 0.3 is 6.18 Å². The standard InChI is InChI=1S/C12H11BrF3N3O/c1-7(11(20)18-6-12(14,15)16)19-10-3-2-8(5-17)4-9(10)13/h2-4,7,19H,6H2,1H3,(H,18,20). The summed E-state index contributed by atoms with van der Waals surface area (Å²) in [6.07, 6.45) is -4.44. The summed E-state index contributed by atoms with van der Waals surface area (Å²) in [5.74, 6) is -0.765. The van der Waals surface area contributed by atoms with Crippen molar-refractivity contribution in [3.05, 3.63) is 28.2 Å². The summed E-state index contributed by atoms with van der Waals surface area (Å²) < 4.78 is 36.5. The van der Waals surface area contributed by atoms with Crippen molar-refractivity contribution in [1.29, 1.82) is 5.26 Å². The van der Waals surface area contributed by atoms with E-state index in [9.17, 15) is 18.0 Å². The van der Waals surface area contributed by atoms with Gasteiger partial charge in [0.2, 0.25) is 5.91 Å². The maximum Gasteiger partial charge on any atom is 0.405 e. The van der Waals surface area contributed by atoms with Gasteiger partial charge in [-0.05, 0) is 41.1 Å². The molecule has 0 spiro atoms. The number of amides is 1. The molecule has 0 radical (unpaired) electrons. The number of nitrogens with zero attached hydrogens (tertiary/aromatic N) is 1. The largest absolute Gasteiger partial charge is 0.405 e. The molecule has 1 rings (SSSR count). The Kier molecular flexibility index (Phi) is 5.39. The van der Waals surface area contributed by atoms with Crippen LogP contribution in [-0.4, -0.2) is 24.7 Å². The van der Waals surface area contributed by atoms with Crippen molar-refractivity contribution < 1.29 is 18.0 Å². The van der Waals surface area contributed by atoms with E-state index in [-0.39, 0.29) is 0 Å². The van der Waals surface area contributed by atoms with Crippen molar-refractivity contribution in [2.45, 2.75) is 19.1 Å². The minimum atomic E-state index is -4.44. The summed E-state index contributed by atoms with van der Waals surface area (Å²) in [7, 11) is 0. The number of halogens is 4. The van der Waals surface area contributed by atoms with Crippen molar-refractivity contribution in [2.24, 2.45) is 0 Å². The van der Waals surface area contributed by atoms with E-state index in [2.05, 4.69) is 21.2 Å². The number of hydrogen-bond acceptors (Lipinski definition) is 3. The van der Waals surface area contributed by atoms with Crippen molar-refractivity contribution in [3.8, 4) is 6.07 Å². The number of alkyl halides is 3. The Morgan fingerprint density at radius 2 is 2.15 bits per heavy atom. The number of hydrogen-bond donors (Lipinski definition) is 2. The molecule has 0 aliphatic carbocycles. The molecule has 108 valence electrons. The third-order valence-electron chi connectivity index (χ3n) is 2.33. The van der Waals surface area contributed by atoms with Gasteiger partial charge in [0.25, 0.3) is 0 Å². The molecule has 1 unspecified atom stereocenters. The lowest BCUT2D eigenvalue weighted by Crippen LogP contribution is -2.42. The second-order valence-electron chi connectivity index (χ2n) is 4.01. The first-order valence-electron chi connectivity index (χ1n) is 5.53. The first kappa shape index (κ1) is 16.3. The van der Waals surface area contributed by atoms with E-state index in [1.165, 1.54) is 13.0 Å². The second-order valence-corrected chi connectivity index (χ2v) is 4.86. The second kappa shape index (κ2) is 6.61. The van der Waals surface area contributed by atoms with Gasteiger partial charge in [-0.2, -0.15) is 18.4 Å². The number of carbonyl (C=O) groups excluding carboxylic acids is 1. The van der Waals surface area contributed by atoms with Crippen LogP contribution >= 0.6 is 15.9 Å². The van der Waals surface area contributed by atoms with Crippen molar-refractivity contribution in [2.75, 3.05) is 11.9 Å². The fourth-order valence-electron chi connectivity index (χ4n) is 1.34. The molecule has 2 N–H and O–H groups in total. The molecule has 4 nitrogen and oxygen atoms in total. The van der Waals surface area contributed by atoms with E-state index in [0.717, 1.165) is 0 Å². The van der Waals surface area contributed by atoms with Crippen LogP contribution < -0.4 is 10.6 Å². The summed E-state index contributed by atoms with van der Waals surface area (Å²) in [4.78, 5) is 11.5. The van der Waals surface area contributed by atoms with Crippen LogP contribution in [0.4, 0.5) is 18.9 Å². The highest BCUT2D eigenvalue weighted by Gasteiger charge is 2.28. The fraction of sp³-hybridized carbons (Fsp3) is 0.333. The highest BCUT2D eigenvalue weighted by atomic mass is 79.9. The lowest BCUT2D eigenvalue weighted by Gasteiger charge is -2.17. The third-order valence-corrected chi connectivity index (χ3v) is 2.98. The first-order chi connectivity index (χ1) is 9.23. The molecule has 1 aromatic carbocycles. The minimum absolute atomic E-state index is 0.427. The Morgan fingerprint density at radius 1 is 1.50 bits per heavy atom. The average molecular weight is 350 g/mol. The molecule has 1 aromatic rings. The Bertz CT molecular complexity index is 540. The molecule has 0 saturated carbocycles. The molecule has 0 heterocycles. The summed E-state index contributed by atoms with van der Waals surface area (Å²) in [6.45, 7) is 0.0722. The van der Waals surface area contributed by atoms with Gasteiger partial charge in [-0.25, -0.2) is 0 Å². The van der Waals surface area contributed by atoms with Gasteiger partial charge < -0.3 is 10.6 Å². The van der Waals surface area contributed by atoms with E-state index >= 15 is 0 Å². The number of nitrogens with one attached hydrogen (secondary N) is 2. The molecule has 8 heteroatoms. The van der Waals surface area contributed by atoms with Crippen molar-refractivity contribution >= 4 is 27.5 Å². The summed E-state index contributed by atoms with van der Waals surface area (Å²) in [5, 5.41) is 13.3. The molecule has 0 bridgehead atoms. The van der Waals surface area contributed by atoms with Crippen LogP contribution in [0, 0.1) is 11.3 Å². The number of nitriles is 1. The van der Waals surface area contributed by atoms with Gasteiger partial charge in [-0.15, -0.1) is 0 Å². The molecule has 0 saturated heterocycles. The first-order valence-corrected chi connectivity index (χ1v) is 6.33. The molecular formula is C12H11BrF3N3O. The zero-order valence-electron chi connectivity index (χ0n) is 10.4. The van der Waals surface area contributed by atoms with E-state index < -0.39 is 24.7 Å². The molecule has 0 aromatic heterocycles. The third kappa shape index (κ3) is 5.09. The lowest BCUT2D eigenvalue weighted by molar-refractivity contribution is -0.138. The van der Waals surface area contributed by atoms with Crippen LogP contribution in [0.1, 0.15) is 12.5 Å². The normalized spacial score (nSPS) is 12.4. The van der Waals surface area contributed by atoms with E-state index in [4.69, 9.17) is 5.26 Å². The van der Waals surface area contributed by atoms with Crippen molar-refractivity contribution in [1.82, 2.24) is 5.32 Å². The highest BCUT2D eigenvalue weighted by Crippen LogP contribution is 2.24. The van der Waals surface area contributed by atoms with E-state index in [1.54, 1.807) is 17.4 Å². The maximum atomic E-state index is 12.0. The van der Waals surface area contributed by atoms with Gasteiger partial charge in [0.05, 0.1) is 11.6 Å². The number of rotatable bonds is 4. The van der Waals surface area contributed by atoms with Crippen LogP contribution in [0.3, 0.4) is 0 Å². The van der Waals surface area contributed by atoms with Crippen LogP contribution in [0.2, 0.25) is 0 Å². The number of anilines is 1. The summed E-state index contributed by atoms with van der Waals surface area (Å²) >= 11 is 3.21. The van der Waals surface area contributed by atoms with Gasteiger partial charge in [0, 0.05) is 10.2 Å². The highest BCUT2D eigenvalue weighted by molar-refractivity contribution is 9.10. The number of benzene rings is 1. The van der Waals surface area contributed by atoms with Crippen LogP contribution in [0.5, 0.6) is 0 Å². The monoisotopic (exact) mass is 349 g/mol. The lowest BCUT2D eigenvalue weighted by atomic mass is 10.2. The number of carbonyl (C=O) groups is 1. The zero-order valence-corrected chi connectivity index (χ0v) is 12.0. The Labute approximate surface area is 122 Å². The molecule has 0 aliphatic rings. The van der Waals surface area contributed by atoms with Gasteiger partial charge in [-0.3, -0.25) is 4.79 Å². The molecule has 0 fully saturated rings. The van der Waals surface area contributed by atoms with Crippen molar-refractivity contribution in [3.63, 3.8) is 0 Å². The van der Waals surface area contributed by atoms with Crippen LogP contribution in [0.25, 0.3) is 0 Å². The average Bonchev–Trinajstić information content (AvgIpc) is 2.37. The molecule has 1 atom stereocenters. The molecular weight excluding hydrogens is 339 g/mol. The smallest absolute Gasteiger partial charge is 0.373 e. The zero-order chi connectivity index (χ0) is 15.3. The quantitative estimate of drug-likeness (QED) is 0.878. The van der Waals surface area contributed by atoms with Gasteiger partial charge in [-0.1, -0.05) is 0 Å². The Hall–Kier alpha value is -1.75. The van der Waals surface area contributed by atoms with E-state index in [1.807, 2.05) is 6.07 Å². The van der Waals surface area contributed by atoms with Crippen LogP contribution in [-0.2, 0) is 4.79 Å². The predicted octanol–water partition coefficient (Wildman–Crippen LogP) is 2.80. The molecule has 20 heavy (non-hydrogen) atoms. The summed E-state index contributed by atoms with van der Waals surface area (Å²) in [6, 6.07) is 5.75. The van der Waals surface area contributed by atoms with Crippen LogP contribution in [0.15, 0.2) is 22.7 Å². The van der Waals surface area contributed by atoms with E-state index in [0.29, 0.717) is 15.7 Å². The Morgan fingerprint density at radius 3 is 2.65 bits per heavy atom. The maximum absolute atomic E-state index is 12.0. The predicted molar refractivity (Wildman–Crippen MR) is 71.0 cm³/mol. The van der Waals surface area contributed by atoms with Gasteiger partial charge in [0.15, 0.2) is 0 Å². The Balaban J connectivity index is 2.64.